The first-order valence-electron chi connectivity index (χ1n) is 8.50. The standard InChI is InChI=1S/C18H27ClN2O4/c1-5-9-25-17-14(19)10-13(11-15(17)24-4)18(23)20-8-7-16(22)21-12(3)6-2/h10-12H,5-9H2,1-4H3,(H,20,23)(H,21,22). The molecule has 0 radical (unpaired) electrons. The summed E-state index contributed by atoms with van der Waals surface area (Å²) in [5.74, 6) is 0.420. The maximum Gasteiger partial charge on any atom is 0.251 e. The first-order chi connectivity index (χ1) is 11.9. The van der Waals surface area contributed by atoms with Crippen molar-refractivity contribution >= 4 is 23.4 Å². The van der Waals surface area contributed by atoms with Gasteiger partial charge in [0.1, 0.15) is 0 Å². The minimum Gasteiger partial charge on any atom is -0.493 e. The maximum absolute atomic E-state index is 12.3. The van der Waals surface area contributed by atoms with Crippen LogP contribution < -0.4 is 20.1 Å². The Morgan fingerprint density at radius 1 is 1.28 bits per heavy atom. The summed E-state index contributed by atoms with van der Waals surface area (Å²) < 4.78 is 10.8. The van der Waals surface area contributed by atoms with Crippen molar-refractivity contribution in [2.75, 3.05) is 20.3 Å². The highest BCUT2D eigenvalue weighted by atomic mass is 35.5. The van der Waals surface area contributed by atoms with Crippen molar-refractivity contribution < 1.29 is 19.1 Å². The average Bonchev–Trinajstić information content (AvgIpc) is 2.59. The second kappa shape index (κ2) is 10.8. The molecule has 1 atom stereocenters. The molecule has 1 aromatic rings. The average molecular weight is 371 g/mol. The second-order valence-electron chi connectivity index (χ2n) is 5.72. The fourth-order valence-electron chi connectivity index (χ4n) is 2.04. The van der Waals surface area contributed by atoms with Gasteiger partial charge in [-0.15, -0.1) is 0 Å². The van der Waals surface area contributed by atoms with Crippen LogP contribution in [0, 0.1) is 0 Å². The topological polar surface area (TPSA) is 76.7 Å². The van der Waals surface area contributed by atoms with E-state index < -0.39 is 0 Å². The molecule has 25 heavy (non-hydrogen) atoms. The molecule has 2 N–H and O–H groups in total. The predicted molar refractivity (Wildman–Crippen MR) is 98.6 cm³/mol. The van der Waals surface area contributed by atoms with E-state index in [1.165, 1.54) is 13.2 Å². The zero-order chi connectivity index (χ0) is 18.8. The van der Waals surface area contributed by atoms with Gasteiger partial charge in [0.25, 0.3) is 5.91 Å². The molecule has 0 heterocycles. The molecule has 0 saturated carbocycles. The lowest BCUT2D eigenvalue weighted by molar-refractivity contribution is -0.121. The molecular weight excluding hydrogens is 344 g/mol. The van der Waals surface area contributed by atoms with Crippen LogP contribution >= 0.6 is 11.6 Å². The molecule has 7 heteroatoms. The van der Waals surface area contributed by atoms with Crippen molar-refractivity contribution in [3.63, 3.8) is 0 Å². The summed E-state index contributed by atoms with van der Waals surface area (Å²) in [6.45, 7) is 6.67. The quantitative estimate of drug-likeness (QED) is 0.663. The van der Waals surface area contributed by atoms with Crippen LogP contribution in [0.5, 0.6) is 11.5 Å². The predicted octanol–water partition coefficient (Wildman–Crippen LogP) is 3.17. The van der Waals surface area contributed by atoms with E-state index >= 15 is 0 Å². The van der Waals surface area contributed by atoms with Crippen molar-refractivity contribution in [1.82, 2.24) is 10.6 Å². The molecule has 140 valence electrons. The molecule has 1 aromatic carbocycles. The van der Waals surface area contributed by atoms with Gasteiger partial charge in [-0.05, 0) is 31.9 Å². The monoisotopic (exact) mass is 370 g/mol. The van der Waals surface area contributed by atoms with Crippen LogP contribution in [0.1, 0.15) is 50.4 Å². The molecule has 6 nitrogen and oxygen atoms in total. The molecule has 1 unspecified atom stereocenters. The second-order valence-corrected chi connectivity index (χ2v) is 6.13. The van der Waals surface area contributed by atoms with Gasteiger partial charge < -0.3 is 20.1 Å². The number of methoxy groups -OCH3 is 1. The number of hydrogen-bond acceptors (Lipinski definition) is 4. The van der Waals surface area contributed by atoms with Crippen molar-refractivity contribution in [3.05, 3.63) is 22.7 Å². The van der Waals surface area contributed by atoms with Crippen molar-refractivity contribution in [2.24, 2.45) is 0 Å². The number of benzene rings is 1. The number of carbonyl (C=O) groups is 2. The van der Waals surface area contributed by atoms with Gasteiger partial charge in [-0.25, -0.2) is 0 Å². The summed E-state index contributed by atoms with van der Waals surface area (Å²) in [5, 5.41) is 5.87. The molecule has 2 amide bonds. The van der Waals surface area contributed by atoms with E-state index in [1.54, 1.807) is 6.07 Å². The van der Waals surface area contributed by atoms with Crippen molar-refractivity contribution in [1.29, 1.82) is 0 Å². The minimum atomic E-state index is -0.321. The zero-order valence-electron chi connectivity index (χ0n) is 15.3. The number of amides is 2. The molecule has 0 aliphatic rings. The Morgan fingerprint density at radius 2 is 2.00 bits per heavy atom. The Balaban J connectivity index is 2.66. The highest BCUT2D eigenvalue weighted by Crippen LogP contribution is 2.36. The number of carbonyl (C=O) groups excluding carboxylic acids is 2. The summed E-state index contributed by atoms with van der Waals surface area (Å²) in [6.07, 6.45) is 1.92. The Bertz CT molecular complexity index is 593. The third-order valence-corrected chi connectivity index (χ3v) is 3.88. The highest BCUT2D eigenvalue weighted by molar-refractivity contribution is 6.32. The van der Waals surface area contributed by atoms with Gasteiger partial charge in [-0.2, -0.15) is 0 Å². The van der Waals surface area contributed by atoms with Gasteiger partial charge >= 0.3 is 0 Å². The molecule has 1 rings (SSSR count). The Hall–Kier alpha value is -1.95. The Kier molecular flexibility index (Phi) is 9.13. The van der Waals surface area contributed by atoms with E-state index in [2.05, 4.69) is 10.6 Å². The van der Waals surface area contributed by atoms with Gasteiger partial charge in [-0.3, -0.25) is 9.59 Å². The van der Waals surface area contributed by atoms with Crippen molar-refractivity contribution in [3.8, 4) is 11.5 Å². The number of halogens is 1. The minimum absolute atomic E-state index is 0.0893. The summed E-state index contributed by atoms with van der Waals surface area (Å²) in [6, 6.07) is 3.23. The van der Waals surface area contributed by atoms with Crippen LogP contribution in [0.25, 0.3) is 0 Å². The van der Waals surface area contributed by atoms with Crippen LogP contribution in [0.3, 0.4) is 0 Å². The normalized spacial score (nSPS) is 11.6. The molecular formula is C18H27ClN2O4. The molecule has 0 fully saturated rings. The number of ether oxygens (including phenoxy) is 2. The lowest BCUT2D eigenvalue weighted by atomic mass is 10.2. The number of hydrogen-bond donors (Lipinski definition) is 2. The summed E-state index contributed by atoms with van der Waals surface area (Å²) in [4.78, 5) is 24.0. The van der Waals surface area contributed by atoms with Crippen LogP contribution in [0.4, 0.5) is 0 Å². The van der Waals surface area contributed by atoms with Gasteiger partial charge in [0.05, 0.1) is 18.7 Å². The fourth-order valence-corrected chi connectivity index (χ4v) is 2.30. The molecule has 0 bridgehead atoms. The van der Waals surface area contributed by atoms with Crippen LogP contribution in [0.2, 0.25) is 5.02 Å². The van der Waals surface area contributed by atoms with Gasteiger partial charge in [0, 0.05) is 24.6 Å². The third kappa shape index (κ3) is 6.82. The number of nitrogens with one attached hydrogen (secondary N) is 2. The summed E-state index contributed by atoms with van der Waals surface area (Å²) in [5.41, 5.74) is 0.355. The Labute approximate surface area is 154 Å². The molecule has 0 aromatic heterocycles. The van der Waals surface area contributed by atoms with Crippen LogP contribution in [0.15, 0.2) is 12.1 Å². The zero-order valence-corrected chi connectivity index (χ0v) is 16.0. The van der Waals surface area contributed by atoms with E-state index in [0.717, 1.165) is 12.8 Å². The Morgan fingerprint density at radius 3 is 2.60 bits per heavy atom. The van der Waals surface area contributed by atoms with E-state index in [1.807, 2.05) is 20.8 Å². The van der Waals surface area contributed by atoms with Gasteiger partial charge in [0.2, 0.25) is 5.91 Å². The molecule has 0 spiro atoms. The van der Waals surface area contributed by atoms with E-state index in [9.17, 15) is 9.59 Å². The van der Waals surface area contributed by atoms with E-state index in [4.69, 9.17) is 21.1 Å². The maximum atomic E-state index is 12.3. The van der Waals surface area contributed by atoms with E-state index in [-0.39, 0.29) is 30.8 Å². The first-order valence-corrected chi connectivity index (χ1v) is 8.88. The lowest BCUT2D eigenvalue weighted by Gasteiger charge is -2.14. The largest absolute Gasteiger partial charge is 0.493 e. The first kappa shape index (κ1) is 21.1. The third-order valence-electron chi connectivity index (χ3n) is 3.60. The smallest absolute Gasteiger partial charge is 0.251 e. The molecule has 0 aliphatic carbocycles. The van der Waals surface area contributed by atoms with Gasteiger partial charge in [-0.1, -0.05) is 25.4 Å². The SMILES string of the molecule is CCCOc1c(Cl)cc(C(=O)NCCC(=O)NC(C)CC)cc1OC. The molecule has 0 saturated heterocycles. The van der Waals surface area contributed by atoms with Crippen LogP contribution in [-0.2, 0) is 4.79 Å². The fraction of sp³-hybridized carbons (Fsp3) is 0.556. The summed E-state index contributed by atoms with van der Waals surface area (Å²) in [7, 11) is 1.49. The molecule has 0 aliphatic heterocycles. The highest BCUT2D eigenvalue weighted by Gasteiger charge is 2.16. The number of rotatable bonds is 10. The van der Waals surface area contributed by atoms with Crippen LogP contribution in [-0.4, -0.2) is 38.1 Å². The van der Waals surface area contributed by atoms with E-state index in [0.29, 0.717) is 28.7 Å². The summed E-state index contributed by atoms with van der Waals surface area (Å²) >= 11 is 6.20. The lowest BCUT2D eigenvalue weighted by Crippen LogP contribution is -2.35. The van der Waals surface area contributed by atoms with Gasteiger partial charge in [0.15, 0.2) is 11.5 Å². The van der Waals surface area contributed by atoms with Crippen molar-refractivity contribution in [2.45, 2.75) is 46.1 Å².